The fourth-order valence-corrected chi connectivity index (χ4v) is 5.29. The molecule has 2 N–H and O–H groups in total. The number of nitrogens with zero attached hydrogens (tertiary/aromatic N) is 1. The Labute approximate surface area is 128 Å². The summed E-state index contributed by atoms with van der Waals surface area (Å²) in [5, 5.41) is 7.52. The summed E-state index contributed by atoms with van der Waals surface area (Å²) >= 11 is 0. The molecule has 2 aliphatic heterocycles. The maximum atomic E-state index is 11.6. The molecule has 6 heteroatoms. The topological polar surface area (TPSA) is 61.4 Å². The van der Waals surface area contributed by atoms with Gasteiger partial charge in [-0.3, -0.25) is 0 Å². The van der Waals surface area contributed by atoms with E-state index in [2.05, 4.69) is 10.6 Å². The van der Waals surface area contributed by atoms with Crippen molar-refractivity contribution in [2.45, 2.75) is 63.1 Å². The minimum atomic E-state index is -3.00. The van der Waals surface area contributed by atoms with Gasteiger partial charge < -0.3 is 10.6 Å². The van der Waals surface area contributed by atoms with Crippen LogP contribution in [0.5, 0.6) is 0 Å². The SMILES string of the molecule is CS(=O)(=O)N1CCC(NC2CCCC2C2CCCN2)CC1. The highest BCUT2D eigenvalue weighted by Gasteiger charge is 2.36. The molecule has 5 nitrogen and oxygen atoms in total. The second-order valence-corrected chi connectivity index (χ2v) is 8.99. The van der Waals surface area contributed by atoms with Crippen molar-refractivity contribution in [1.82, 2.24) is 14.9 Å². The summed E-state index contributed by atoms with van der Waals surface area (Å²) in [7, 11) is -3.00. The molecule has 1 saturated carbocycles. The predicted octanol–water partition coefficient (Wildman–Crippen LogP) is 0.921. The van der Waals surface area contributed by atoms with E-state index in [-0.39, 0.29) is 0 Å². The van der Waals surface area contributed by atoms with Crippen LogP contribution in [0.3, 0.4) is 0 Å². The molecule has 0 amide bonds. The lowest BCUT2D eigenvalue weighted by molar-refractivity contribution is 0.240. The molecule has 0 aromatic rings. The second-order valence-electron chi connectivity index (χ2n) is 7.01. The molecule has 0 aromatic carbocycles. The molecule has 3 rings (SSSR count). The largest absolute Gasteiger partial charge is 0.314 e. The number of nitrogens with one attached hydrogen (secondary N) is 2. The van der Waals surface area contributed by atoms with Gasteiger partial charge in [-0.2, -0.15) is 0 Å². The van der Waals surface area contributed by atoms with E-state index in [4.69, 9.17) is 0 Å². The molecule has 3 unspecified atom stereocenters. The minimum absolute atomic E-state index is 0.495. The maximum Gasteiger partial charge on any atom is 0.211 e. The predicted molar refractivity (Wildman–Crippen MR) is 84.7 cm³/mol. The van der Waals surface area contributed by atoms with Crippen LogP contribution in [0.4, 0.5) is 0 Å². The molecule has 0 radical (unpaired) electrons. The molecule has 21 heavy (non-hydrogen) atoms. The first-order valence-corrected chi connectivity index (χ1v) is 10.3. The third kappa shape index (κ3) is 3.78. The van der Waals surface area contributed by atoms with E-state index in [1.807, 2.05) is 0 Å². The summed E-state index contributed by atoms with van der Waals surface area (Å²) in [6.07, 6.45) is 9.84. The van der Waals surface area contributed by atoms with Crippen LogP contribution in [0, 0.1) is 5.92 Å². The Bertz CT molecular complexity index is 440. The quantitative estimate of drug-likeness (QED) is 0.810. The Morgan fingerprint density at radius 3 is 2.43 bits per heavy atom. The molecular weight excluding hydrogens is 286 g/mol. The van der Waals surface area contributed by atoms with Crippen LogP contribution < -0.4 is 10.6 Å². The minimum Gasteiger partial charge on any atom is -0.314 e. The van der Waals surface area contributed by atoms with E-state index in [9.17, 15) is 8.42 Å². The zero-order chi connectivity index (χ0) is 14.9. The van der Waals surface area contributed by atoms with Crippen molar-refractivity contribution in [2.24, 2.45) is 5.92 Å². The summed E-state index contributed by atoms with van der Waals surface area (Å²) in [4.78, 5) is 0. The average molecular weight is 315 g/mol. The molecule has 3 atom stereocenters. The molecule has 2 heterocycles. The Morgan fingerprint density at radius 2 is 1.81 bits per heavy atom. The van der Waals surface area contributed by atoms with Crippen molar-refractivity contribution in [3.05, 3.63) is 0 Å². The maximum absolute atomic E-state index is 11.6. The van der Waals surface area contributed by atoms with Gasteiger partial charge in [-0.25, -0.2) is 12.7 Å². The molecule has 0 bridgehead atoms. The third-order valence-corrected chi connectivity index (χ3v) is 6.86. The van der Waals surface area contributed by atoms with Crippen molar-refractivity contribution in [1.29, 1.82) is 0 Å². The first kappa shape index (κ1) is 15.7. The summed E-state index contributed by atoms with van der Waals surface area (Å²) in [6, 6.07) is 1.84. The monoisotopic (exact) mass is 315 g/mol. The van der Waals surface area contributed by atoms with E-state index >= 15 is 0 Å². The number of piperidine rings is 1. The van der Waals surface area contributed by atoms with Crippen LogP contribution >= 0.6 is 0 Å². The number of rotatable bonds is 4. The molecule has 0 spiro atoms. The lowest BCUT2D eigenvalue weighted by atomic mass is 9.92. The Morgan fingerprint density at radius 1 is 1.05 bits per heavy atom. The van der Waals surface area contributed by atoms with Gasteiger partial charge in [0.2, 0.25) is 10.0 Å². The van der Waals surface area contributed by atoms with E-state index < -0.39 is 10.0 Å². The van der Waals surface area contributed by atoms with Gasteiger partial charge >= 0.3 is 0 Å². The van der Waals surface area contributed by atoms with Crippen LogP contribution in [0.25, 0.3) is 0 Å². The van der Waals surface area contributed by atoms with Crippen LogP contribution in [-0.2, 0) is 10.0 Å². The normalized spacial score (nSPS) is 36.3. The molecule has 2 saturated heterocycles. The van der Waals surface area contributed by atoms with E-state index in [1.165, 1.54) is 44.9 Å². The number of sulfonamides is 1. The average Bonchev–Trinajstić information content (AvgIpc) is 3.08. The van der Waals surface area contributed by atoms with E-state index in [0.717, 1.165) is 18.8 Å². The van der Waals surface area contributed by atoms with Crippen molar-refractivity contribution in [3.8, 4) is 0 Å². The van der Waals surface area contributed by atoms with Gasteiger partial charge in [-0.15, -0.1) is 0 Å². The Balaban J connectivity index is 1.50. The van der Waals surface area contributed by atoms with Gasteiger partial charge in [-0.05, 0) is 51.0 Å². The van der Waals surface area contributed by atoms with Crippen molar-refractivity contribution >= 4 is 10.0 Å². The Hall–Kier alpha value is -0.170. The smallest absolute Gasteiger partial charge is 0.211 e. The first-order valence-electron chi connectivity index (χ1n) is 8.48. The van der Waals surface area contributed by atoms with Gasteiger partial charge in [0, 0.05) is 31.2 Å². The van der Waals surface area contributed by atoms with Crippen molar-refractivity contribution in [2.75, 3.05) is 25.9 Å². The zero-order valence-electron chi connectivity index (χ0n) is 13.1. The zero-order valence-corrected chi connectivity index (χ0v) is 13.9. The van der Waals surface area contributed by atoms with Crippen LogP contribution in [0.15, 0.2) is 0 Å². The lowest BCUT2D eigenvalue weighted by Gasteiger charge is -2.35. The standard InChI is InChI=1S/C15H29N3O2S/c1-21(19,20)18-10-7-12(8-11-18)17-15-5-2-4-13(15)14-6-3-9-16-14/h12-17H,2-11H2,1H3. The van der Waals surface area contributed by atoms with Gasteiger partial charge in [0.25, 0.3) is 0 Å². The van der Waals surface area contributed by atoms with Gasteiger partial charge in [0.05, 0.1) is 6.26 Å². The molecule has 0 aromatic heterocycles. The molecule has 122 valence electrons. The lowest BCUT2D eigenvalue weighted by Crippen LogP contribution is -2.50. The molecular formula is C15H29N3O2S. The molecule has 3 aliphatic rings. The molecule has 3 fully saturated rings. The number of hydrogen-bond acceptors (Lipinski definition) is 4. The summed E-state index contributed by atoms with van der Waals surface area (Å²) in [5.74, 6) is 0.778. The first-order chi connectivity index (χ1) is 10.0. The summed E-state index contributed by atoms with van der Waals surface area (Å²) in [6.45, 7) is 2.53. The second kappa shape index (κ2) is 6.52. The fraction of sp³-hybridized carbons (Fsp3) is 1.00. The van der Waals surface area contributed by atoms with Crippen LogP contribution in [-0.4, -0.2) is 56.7 Å². The van der Waals surface area contributed by atoms with E-state index in [1.54, 1.807) is 4.31 Å². The highest BCUT2D eigenvalue weighted by molar-refractivity contribution is 7.88. The number of hydrogen-bond donors (Lipinski definition) is 2. The van der Waals surface area contributed by atoms with Crippen molar-refractivity contribution in [3.63, 3.8) is 0 Å². The van der Waals surface area contributed by atoms with Crippen molar-refractivity contribution < 1.29 is 8.42 Å². The highest BCUT2D eigenvalue weighted by Crippen LogP contribution is 2.32. The van der Waals surface area contributed by atoms with Gasteiger partial charge in [-0.1, -0.05) is 6.42 Å². The molecule has 1 aliphatic carbocycles. The van der Waals surface area contributed by atoms with Crippen LogP contribution in [0.2, 0.25) is 0 Å². The third-order valence-electron chi connectivity index (χ3n) is 5.56. The van der Waals surface area contributed by atoms with Gasteiger partial charge in [0.15, 0.2) is 0 Å². The van der Waals surface area contributed by atoms with Crippen LogP contribution in [0.1, 0.15) is 44.9 Å². The highest BCUT2D eigenvalue weighted by atomic mass is 32.2. The van der Waals surface area contributed by atoms with E-state index in [0.29, 0.717) is 31.2 Å². The Kier molecular flexibility index (Phi) is 4.88. The summed E-state index contributed by atoms with van der Waals surface area (Å²) in [5.41, 5.74) is 0. The fourth-order valence-electron chi connectivity index (χ4n) is 4.41. The summed E-state index contributed by atoms with van der Waals surface area (Å²) < 4.78 is 24.7. The van der Waals surface area contributed by atoms with Gasteiger partial charge in [0.1, 0.15) is 0 Å².